The van der Waals surface area contributed by atoms with Crippen molar-refractivity contribution in [3.8, 4) is 0 Å². The van der Waals surface area contributed by atoms with E-state index >= 15 is 0 Å². The van der Waals surface area contributed by atoms with Gasteiger partial charge in [-0.15, -0.1) is 0 Å². The van der Waals surface area contributed by atoms with Gasteiger partial charge in [-0.25, -0.2) is 4.99 Å². The van der Waals surface area contributed by atoms with Crippen LogP contribution in [0.3, 0.4) is 0 Å². The SMILES string of the molecule is CCN(CC)C(N)=NCc1cccc(C(=O)NCc2ccco2)c1. The number of aliphatic imine (C=N–C) groups is 1. The van der Waals surface area contributed by atoms with E-state index in [2.05, 4.69) is 10.3 Å². The molecule has 0 atom stereocenters. The number of carbonyl (C=O) groups excluding carboxylic acids is 1. The quantitative estimate of drug-likeness (QED) is 0.604. The van der Waals surface area contributed by atoms with Crippen molar-refractivity contribution in [1.29, 1.82) is 0 Å². The Morgan fingerprint density at radius 3 is 2.71 bits per heavy atom. The zero-order valence-electron chi connectivity index (χ0n) is 14.2. The lowest BCUT2D eigenvalue weighted by Gasteiger charge is -2.19. The van der Waals surface area contributed by atoms with Gasteiger partial charge in [0.25, 0.3) is 5.91 Å². The predicted octanol–water partition coefficient (Wildman–Crippen LogP) is 2.37. The van der Waals surface area contributed by atoms with Crippen LogP contribution < -0.4 is 11.1 Å². The normalized spacial score (nSPS) is 11.3. The number of rotatable bonds is 7. The number of nitrogens with zero attached hydrogens (tertiary/aromatic N) is 2. The standard InChI is InChI=1S/C18H24N4O2/c1-3-22(4-2)18(19)21-12-14-7-5-8-15(11-14)17(23)20-13-16-9-6-10-24-16/h5-11H,3-4,12-13H2,1-2H3,(H2,19,21)(H,20,23). The molecule has 1 aromatic heterocycles. The fourth-order valence-electron chi connectivity index (χ4n) is 2.31. The average molecular weight is 328 g/mol. The molecule has 0 unspecified atom stereocenters. The maximum absolute atomic E-state index is 12.2. The molecule has 0 saturated carbocycles. The van der Waals surface area contributed by atoms with E-state index in [9.17, 15) is 4.79 Å². The fraction of sp³-hybridized carbons (Fsp3) is 0.333. The van der Waals surface area contributed by atoms with Crippen LogP contribution in [0.25, 0.3) is 0 Å². The summed E-state index contributed by atoms with van der Waals surface area (Å²) in [6.07, 6.45) is 1.58. The van der Waals surface area contributed by atoms with Crippen molar-refractivity contribution in [1.82, 2.24) is 10.2 Å². The summed E-state index contributed by atoms with van der Waals surface area (Å²) in [5.41, 5.74) is 7.51. The van der Waals surface area contributed by atoms with E-state index in [1.54, 1.807) is 18.4 Å². The second kappa shape index (κ2) is 8.76. The highest BCUT2D eigenvalue weighted by molar-refractivity contribution is 5.94. The van der Waals surface area contributed by atoms with Crippen LogP contribution in [0, 0.1) is 0 Å². The van der Waals surface area contributed by atoms with Gasteiger partial charge < -0.3 is 20.4 Å². The van der Waals surface area contributed by atoms with E-state index in [4.69, 9.17) is 10.2 Å². The number of furan rings is 1. The minimum absolute atomic E-state index is 0.144. The number of hydrogen-bond donors (Lipinski definition) is 2. The third-order valence-corrected chi connectivity index (χ3v) is 3.70. The molecular weight excluding hydrogens is 304 g/mol. The van der Waals surface area contributed by atoms with Crippen molar-refractivity contribution in [2.45, 2.75) is 26.9 Å². The minimum atomic E-state index is -0.144. The van der Waals surface area contributed by atoms with E-state index in [0.717, 1.165) is 24.4 Å². The number of guanidine groups is 1. The minimum Gasteiger partial charge on any atom is -0.467 e. The summed E-state index contributed by atoms with van der Waals surface area (Å²) in [6.45, 7) is 6.53. The molecule has 0 fully saturated rings. The summed E-state index contributed by atoms with van der Waals surface area (Å²) in [4.78, 5) is 18.6. The van der Waals surface area contributed by atoms with Crippen LogP contribution in [0.15, 0.2) is 52.1 Å². The van der Waals surface area contributed by atoms with Gasteiger partial charge in [0.15, 0.2) is 5.96 Å². The molecule has 2 aromatic rings. The van der Waals surface area contributed by atoms with E-state index in [1.807, 2.05) is 43.0 Å². The lowest BCUT2D eigenvalue weighted by Crippen LogP contribution is -2.37. The van der Waals surface area contributed by atoms with Gasteiger partial charge in [0.1, 0.15) is 5.76 Å². The monoisotopic (exact) mass is 328 g/mol. The Hall–Kier alpha value is -2.76. The average Bonchev–Trinajstić information content (AvgIpc) is 3.12. The second-order valence-electron chi connectivity index (χ2n) is 5.31. The molecule has 0 aliphatic rings. The molecule has 0 spiro atoms. The van der Waals surface area contributed by atoms with Gasteiger partial charge in [0, 0.05) is 18.7 Å². The van der Waals surface area contributed by atoms with Crippen LogP contribution >= 0.6 is 0 Å². The molecule has 6 heteroatoms. The molecule has 0 bridgehead atoms. The summed E-state index contributed by atoms with van der Waals surface area (Å²) < 4.78 is 5.20. The zero-order chi connectivity index (χ0) is 17.4. The first-order valence-corrected chi connectivity index (χ1v) is 8.08. The third kappa shape index (κ3) is 4.87. The molecule has 0 saturated heterocycles. The Bertz CT molecular complexity index is 676. The number of carbonyl (C=O) groups is 1. The first-order valence-electron chi connectivity index (χ1n) is 8.08. The van der Waals surface area contributed by atoms with Gasteiger partial charge in [0.05, 0.1) is 19.4 Å². The lowest BCUT2D eigenvalue weighted by atomic mass is 10.1. The summed E-state index contributed by atoms with van der Waals surface area (Å²) >= 11 is 0. The Balaban J connectivity index is 1.97. The number of nitrogens with one attached hydrogen (secondary N) is 1. The molecule has 0 aliphatic heterocycles. The zero-order valence-corrected chi connectivity index (χ0v) is 14.2. The van der Waals surface area contributed by atoms with Crippen molar-refractivity contribution in [2.75, 3.05) is 13.1 Å². The summed E-state index contributed by atoms with van der Waals surface area (Å²) in [7, 11) is 0. The van der Waals surface area contributed by atoms with E-state index in [-0.39, 0.29) is 5.91 Å². The molecule has 6 nitrogen and oxygen atoms in total. The van der Waals surface area contributed by atoms with Crippen LogP contribution in [-0.2, 0) is 13.1 Å². The molecule has 2 rings (SSSR count). The van der Waals surface area contributed by atoms with E-state index < -0.39 is 0 Å². The van der Waals surface area contributed by atoms with E-state index in [1.165, 1.54) is 0 Å². The molecule has 3 N–H and O–H groups in total. The Morgan fingerprint density at radius 2 is 2.04 bits per heavy atom. The first kappa shape index (κ1) is 17.6. The summed E-state index contributed by atoms with van der Waals surface area (Å²) in [5.74, 6) is 1.10. The van der Waals surface area contributed by atoms with Gasteiger partial charge in [-0.1, -0.05) is 12.1 Å². The first-order chi connectivity index (χ1) is 11.6. The smallest absolute Gasteiger partial charge is 0.251 e. The molecule has 1 amide bonds. The topological polar surface area (TPSA) is 83.9 Å². The van der Waals surface area contributed by atoms with Gasteiger partial charge in [0.2, 0.25) is 0 Å². The van der Waals surface area contributed by atoms with Crippen molar-refractivity contribution >= 4 is 11.9 Å². The number of nitrogens with two attached hydrogens (primary N) is 1. The third-order valence-electron chi connectivity index (χ3n) is 3.70. The largest absolute Gasteiger partial charge is 0.467 e. The molecule has 128 valence electrons. The van der Waals surface area contributed by atoms with Crippen LogP contribution in [-0.4, -0.2) is 29.9 Å². The van der Waals surface area contributed by atoms with Crippen molar-refractivity contribution in [3.05, 3.63) is 59.5 Å². The summed E-state index contributed by atoms with van der Waals surface area (Å²) in [6, 6.07) is 11.0. The highest BCUT2D eigenvalue weighted by Gasteiger charge is 2.07. The van der Waals surface area contributed by atoms with Crippen molar-refractivity contribution in [3.63, 3.8) is 0 Å². The molecule has 1 aromatic carbocycles. The molecule has 1 heterocycles. The van der Waals surface area contributed by atoms with Crippen LogP contribution in [0.2, 0.25) is 0 Å². The second-order valence-corrected chi connectivity index (χ2v) is 5.31. The van der Waals surface area contributed by atoms with Crippen LogP contribution in [0.4, 0.5) is 0 Å². The number of benzene rings is 1. The fourth-order valence-corrected chi connectivity index (χ4v) is 2.31. The van der Waals surface area contributed by atoms with Gasteiger partial charge in [-0.3, -0.25) is 4.79 Å². The van der Waals surface area contributed by atoms with Crippen molar-refractivity contribution in [2.24, 2.45) is 10.7 Å². The Morgan fingerprint density at radius 1 is 1.25 bits per heavy atom. The maximum Gasteiger partial charge on any atom is 0.251 e. The maximum atomic E-state index is 12.2. The van der Waals surface area contributed by atoms with Gasteiger partial charge in [-0.2, -0.15) is 0 Å². The van der Waals surface area contributed by atoms with Gasteiger partial charge >= 0.3 is 0 Å². The molecule has 0 radical (unpaired) electrons. The lowest BCUT2D eigenvalue weighted by molar-refractivity contribution is 0.0948. The number of hydrogen-bond acceptors (Lipinski definition) is 3. The Kier molecular flexibility index (Phi) is 6.42. The van der Waals surface area contributed by atoms with Crippen LogP contribution in [0.1, 0.15) is 35.5 Å². The van der Waals surface area contributed by atoms with Crippen molar-refractivity contribution < 1.29 is 9.21 Å². The molecule has 24 heavy (non-hydrogen) atoms. The predicted molar refractivity (Wildman–Crippen MR) is 94.6 cm³/mol. The van der Waals surface area contributed by atoms with E-state index in [0.29, 0.717) is 24.6 Å². The Labute approximate surface area is 142 Å². The van der Waals surface area contributed by atoms with Gasteiger partial charge in [-0.05, 0) is 43.7 Å². The highest BCUT2D eigenvalue weighted by atomic mass is 16.3. The van der Waals surface area contributed by atoms with Crippen LogP contribution in [0.5, 0.6) is 0 Å². The molecular formula is C18H24N4O2. The molecule has 0 aliphatic carbocycles. The summed E-state index contributed by atoms with van der Waals surface area (Å²) in [5, 5.41) is 2.83. The highest BCUT2D eigenvalue weighted by Crippen LogP contribution is 2.08. The number of amides is 1.